The Balaban J connectivity index is 1.83. The van der Waals surface area contributed by atoms with Crippen LogP contribution in [0.3, 0.4) is 0 Å². The highest BCUT2D eigenvalue weighted by atomic mass is 35.5. The first kappa shape index (κ1) is 22.6. The van der Waals surface area contributed by atoms with Crippen LogP contribution in [0.1, 0.15) is 26.4 Å². The number of rotatable bonds is 5. The van der Waals surface area contributed by atoms with Crippen LogP contribution in [0, 0.1) is 0 Å². The smallest absolute Gasteiger partial charge is 0.354 e. The average Bonchev–Trinajstić information content (AvgIpc) is 2.83. The zero-order chi connectivity index (χ0) is 23.5. The first-order valence-electron chi connectivity index (χ1n) is 9.95. The normalized spacial score (nSPS) is 10.8. The number of halogens is 2. The van der Waals surface area contributed by atoms with Gasteiger partial charge in [0.05, 0.1) is 23.2 Å². The molecule has 33 heavy (non-hydrogen) atoms. The van der Waals surface area contributed by atoms with Crippen LogP contribution in [0.2, 0.25) is 10.0 Å². The molecule has 1 heterocycles. The van der Waals surface area contributed by atoms with Gasteiger partial charge in [0.1, 0.15) is 5.69 Å². The van der Waals surface area contributed by atoms with Gasteiger partial charge in [0.15, 0.2) is 5.43 Å². The van der Waals surface area contributed by atoms with Crippen LogP contribution in [0.25, 0.3) is 22.0 Å². The third kappa shape index (κ3) is 4.49. The second-order valence-electron chi connectivity index (χ2n) is 7.20. The summed E-state index contributed by atoms with van der Waals surface area (Å²) in [6.07, 6.45) is 0. The molecule has 0 fully saturated rings. The topological polar surface area (TPSA) is 88.3 Å². The van der Waals surface area contributed by atoms with Crippen LogP contribution < -0.4 is 10.7 Å². The van der Waals surface area contributed by atoms with Crippen molar-refractivity contribution in [2.24, 2.45) is 0 Å². The molecule has 0 saturated heterocycles. The molecule has 0 bridgehead atoms. The standard InChI is InChI=1S/C25H18Cl2N2O4/c1-33-25(32)22-18(13-28-24(31)15-7-9-16(26)10-8-15)23(30)17-11-12-19(27)20(21(17)29-22)14-5-3-2-4-6-14/h2-12H,13H2,1H3,(H,28,31)(H,29,30). The lowest BCUT2D eigenvalue weighted by molar-refractivity contribution is 0.0592. The van der Waals surface area contributed by atoms with E-state index in [0.717, 1.165) is 5.56 Å². The van der Waals surface area contributed by atoms with E-state index in [1.165, 1.54) is 7.11 Å². The van der Waals surface area contributed by atoms with Crippen molar-refractivity contribution >= 4 is 46.0 Å². The summed E-state index contributed by atoms with van der Waals surface area (Å²) >= 11 is 12.3. The number of nitrogens with one attached hydrogen (secondary N) is 2. The van der Waals surface area contributed by atoms with Gasteiger partial charge in [-0.1, -0.05) is 53.5 Å². The minimum absolute atomic E-state index is 0.0501. The molecular weight excluding hydrogens is 463 g/mol. The molecular formula is C25H18Cl2N2O4. The Morgan fingerprint density at radius 3 is 2.33 bits per heavy atom. The maximum absolute atomic E-state index is 13.4. The molecule has 0 unspecified atom stereocenters. The zero-order valence-corrected chi connectivity index (χ0v) is 19.0. The summed E-state index contributed by atoms with van der Waals surface area (Å²) in [5.41, 5.74) is 1.77. The number of hydrogen-bond acceptors (Lipinski definition) is 4. The Kier molecular flexibility index (Phi) is 6.49. The molecule has 6 nitrogen and oxygen atoms in total. The molecule has 1 amide bonds. The summed E-state index contributed by atoms with van der Waals surface area (Å²) in [6, 6.07) is 18.8. The summed E-state index contributed by atoms with van der Waals surface area (Å²) in [5, 5.41) is 3.94. The van der Waals surface area contributed by atoms with Crippen molar-refractivity contribution in [2.45, 2.75) is 6.54 Å². The number of ether oxygens (including phenoxy) is 1. The lowest BCUT2D eigenvalue weighted by Crippen LogP contribution is -2.29. The highest BCUT2D eigenvalue weighted by Crippen LogP contribution is 2.33. The Morgan fingerprint density at radius 1 is 0.970 bits per heavy atom. The van der Waals surface area contributed by atoms with Gasteiger partial charge in [-0.25, -0.2) is 4.79 Å². The van der Waals surface area contributed by atoms with Crippen molar-refractivity contribution in [2.75, 3.05) is 7.11 Å². The van der Waals surface area contributed by atoms with Gasteiger partial charge in [0.25, 0.3) is 5.91 Å². The van der Waals surface area contributed by atoms with E-state index in [-0.39, 0.29) is 17.8 Å². The maximum atomic E-state index is 13.4. The van der Waals surface area contributed by atoms with Gasteiger partial charge in [-0.3, -0.25) is 9.59 Å². The fourth-order valence-electron chi connectivity index (χ4n) is 3.58. The Hall–Kier alpha value is -3.61. The van der Waals surface area contributed by atoms with E-state index in [4.69, 9.17) is 27.9 Å². The molecule has 166 valence electrons. The lowest BCUT2D eigenvalue weighted by atomic mass is 9.99. The van der Waals surface area contributed by atoms with Gasteiger partial charge in [0.2, 0.25) is 0 Å². The number of H-pyrrole nitrogens is 1. The molecule has 0 radical (unpaired) electrons. The molecule has 0 aliphatic rings. The van der Waals surface area contributed by atoms with Crippen LogP contribution in [-0.2, 0) is 11.3 Å². The third-order valence-corrected chi connectivity index (χ3v) is 5.78. The summed E-state index contributed by atoms with van der Waals surface area (Å²) in [6.45, 7) is -0.180. The van der Waals surface area contributed by atoms with Crippen molar-refractivity contribution in [3.8, 4) is 11.1 Å². The van der Waals surface area contributed by atoms with Crippen LogP contribution in [0.15, 0.2) is 71.5 Å². The SMILES string of the molecule is COC(=O)c1[nH]c2c(-c3ccccc3)c(Cl)ccc2c(=O)c1CNC(=O)c1ccc(Cl)cc1. The largest absolute Gasteiger partial charge is 0.464 e. The predicted molar refractivity (Wildman–Crippen MR) is 129 cm³/mol. The summed E-state index contributed by atoms with van der Waals surface area (Å²) in [5.74, 6) is -1.15. The number of amides is 1. The second-order valence-corrected chi connectivity index (χ2v) is 8.04. The fraction of sp³-hybridized carbons (Fsp3) is 0.0800. The van der Waals surface area contributed by atoms with Gasteiger partial charge < -0.3 is 15.0 Å². The minimum Gasteiger partial charge on any atom is -0.464 e. The van der Waals surface area contributed by atoms with Crippen molar-refractivity contribution in [3.63, 3.8) is 0 Å². The highest BCUT2D eigenvalue weighted by Gasteiger charge is 2.22. The molecule has 3 aromatic carbocycles. The molecule has 2 N–H and O–H groups in total. The quantitative estimate of drug-likeness (QED) is 0.383. The van der Waals surface area contributed by atoms with E-state index < -0.39 is 17.3 Å². The molecule has 0 spiro atoms. The van der Waals surface area contributed by atoms with E-state index >= 15 is 0 Å². The molecule has 0 saturated carbocycles. The summed E-state index contributed by atoms with van der Waals surface area (Å²) in [4.78, 5) is 41.6. The van der Waals surface area contributed by atoms with Crippen molar-refractivity contribution in [3.05, 3.63) is 104 Å². The molecule has 0 aliphatic carbocycles. The van der Waals surface area contributed by atoms with E-state index in [9.17, 15) is 14.4 Å². The number of benzene rings is 3. The van der Waals surface area contributed by atoms with Gasteiger partial charge >= 0.3 is 5.97 Å². The highest BCUT2D eigenvalue weighted by molar-refractivity contribution is 6.35. The first-order chi connectivity index (χ1) is 15.9. The number of aromatic amines is 1. The number of hydrogen-bond donors (Lipinski definition) is 2. The first-order valence-corrected chi connectivity index (χ1v) is 10.7. The van der Waals surface area contributed by atoms with Crippen molar-refractivity contribution in [1.82, 2.24) is 10.3 Å². The number of carbonyl (C=O) groups excluding carboxylic acids is 2. The number of esters is 1. The molecule has 0 aliphatic heterocycles. The van der Waals surface area contributed by atoms with Crippen LogP contribution in [-0.4, -0.2) is 24.0 Å². The molecule has 1 aromatic heterocycles. The minimum atomic E-state index is -0.733. The summed E-state index contributed by atoms with van der Waals surface area (Å²) in [7, 11) is 1.22. The summed E-state index contributed by atoms with van der Waals surface area (Å²) < 4.78 is 4.89. The van der Waals surface area contributed by atoms with Crippen LogP contribution >= 0.6 is 23.2 Å². The van der Waals surface area contributed by atoms with E-state index in [1.54, 1.807) is 36.4 Å². The van der Waals surface area contributed by atoms with Gasteiger partial charge in [-0.05, 0) is 42.0 Å². The number of methoxy groups -OCH3 is 1. The Bertz CT molecular complexity index is 1410. The van der Waals surface area contributed by atoms with E-state index in [2.05, 4.69) is 10.3 Å². The molecule has 8 heteroatoms. The van der Waals surface area contributed by atoms with Gasteiger partial charge in [-0.15, -0.1) is 0 Å². The van der Waals surface area contributed by atoms with Crippen molar-refractivity contribution in [1.29, 1.82) is 0 Å². The van der Waals surface area contributed by atoms with Gasteiger partial charge in [0, 0.05) is 28.1 Å². The van der Waals surface area contributed by atoms with E-state index in [0.29, 0.717) is 32.1 Å². The predicted octanol–water partition coefficient (Wildman–Crippen LogP) is 5.22. The Morgan fingerprint density at radius 2 is 1.67 bits per heavy atom. The van der Waals surface area contributed by atoms with E-state index in [1.807, 2.05) is 30.3 Å². The molecule has 4 rings (SSSR count). The monoisotopic (exact) mass is 480 g/mol. The lowest BCUT2D eigenvalue weighted by Gasteiger charge is -2.14. The molecule has 4 aromatic rings. The third-order valence-electron chi connectivity index (χ3n) is 5.21. The van der Waals surface area contributed by atoms with Gasteiger partial charge in [-0.2, -0.15) is 0 Å². The number of aromatic nitrogens is 1. The number of carbonyl (C=O) groups is 2. The number of pyridine rings is 1. The zero-order valence-electron chi connectivity index (χ0n) is 17.4. The number of fused-ring (bicyclic) bond motifs is 1. The molecule has 0 atom stereocenters. The fourth-order valence-corrected chi connectivity index (χ4v) is 3.97. The maximum Gasteiger partial charge on any atom is 0.354 e. The average molecular weight is 481 g/mol. The second kappa shape index (κ2) is 9.48. The Labute approximate surface area is 199 Å². The van der Waals surface area contributed by atoms with Crippen LogP contribution in [0.5, 0.6) is 0 Å². The van der Waals surface area contributed by atoms with Crippen molar-refractivity contribution < 1.29 is 14.3 Å². The van der Waals surface area contributed by atoms with Crippen LogP contribution in [0.4, 0.5) is 0 Å².